The molecule has 0 radical (unpaired) electrons. The average Bonchev–Trinajstić information content (AvgIpc) is 3.38. The number of rotatable bonds is 10. The highest BCUT2D eigenvalue weighted by Gasteiger charge is 2.46. The maximum Gasteiger partial charge on any atom is 0.321 e. The lowest BCUT2D eigenvalue weighted by molar-refractivity contribution is -0.139. The molecule has 42 heavy (non-hydrogen) atoms. The molecule has 11 N–H and O–H groups in total. The van der Waals surface area contributed by atoms with Crippen molar-refractivity contribution in [2.75, 3.05) is 29.2 Å². The first kappa shape index (κ1) is 37.2. The minimum atomic E-state index is -5.17. The molecule has 240 valence electrons. The van der Waals surface area contributed by atoms with Gasteiger partial charge in [0.1, 0.15) is 59.5 Å². The lowest BCUT2D eigenvalue weighted by Crippen LogP contribution is -2.37. The zero-order valence-electron chi connectivity index (χ0n) is 21.6. The van der Waals surface area contributed by atoms with Crippen LogP contribution < -0.4 is 17.2 Å². The summed E-state index contributed by atoms with van der Waals surface area (Å²) in [5, 5.41) is 37.7. The van der Waals surface area contributed by atoms with E-state index in [1.165, 1.54) is 17.2 Å². The van der Waals surface area contributed by atoms with Gasteiger partial charge in [-0.2, -0.15) is 8.42 Å². The summed E-state index contributed by atoms with van der Waals surface area (Å²) in [6.45, 7) is 0. The van der Waals surface area contributed by atoms with Gasteiger partial charge in [0.2, 0.25) is 0 Å². The van der Waals surface area contributed by atoms with E-state index in [1.54, 1.807) is 0 Å². The van der Waals surface area contributed by atoms with Crippen LogP contribution in [-0.4, -0.2) is 136 Å². The molecule has 24 heteroatoms. The van der Waals surface area contributed by atoms with Crippen molar-refractivity contribution in [2.24, 2.45) is 11.5 Å². The topological polar surface area (TPSA) is 381 Å². The van der Waals surface area contributed by atoms with Crippen molar-refractivity contribution in [2.45, 2.75) is 43.0 Å². The van der Waals surface area contributed by atoms with Crippen molar-refractivity contribution in [3.63, 3.8) is 0 Å². The van der Waals surface area contributed by atoms with Gasteiger partial charge in [-0.1, -0.05) is 0 Å². The van der Waals surface area contributed by atoms with E-state index in [0.717, 1.165) is 0 Å². The first-order chi connectivity index (χ1) is 19.1. The number of fused-ring (bicyclic) bond motifs is 1. The largest absolute Gasteiger partial charge is 0.759 e. The van der Waals surface area contributed by atoms with E-state index in [2.05, 4.69) is 15.0 Å². The number of hydrogen-bond acceptors (Lipinski definition) is 17. The van der Waals surface area contributed by atoms with E-state index in [0.29, 0.717) is 29.1 Å². The van der Waals surface area contributed by atoms with E-state index in [4.69, 9.17) is 54.2 Å². The molecule has 2 unspecified atom stereocenters. The van der Waals surface area contributed by atoms with Crippen molar-refractivity contribution >= 4 is 60.3 Å². The normalized spacial score (nSPS) is 22.7. The van der Waals surface area contributed by atoms with Gasteiger partial charge in [-0.3, -0.25) is 27.1 Å². The van der Waals surface area contributed by atoms with Gasteiger partial charge in [-0.25, -0.2) is 15.0 Å². The minimum Gasteiger partial charge on any atom is -0.759 e. The highest BCUT2D eigenvalue weighted by atomic mass is 32.3. The molecule has 0 bridgehead atoms. The number of aliphatic hydroxyl groups excluding tert-OH is 2. The maximum atomic E-state index is 10.8. The van der Waals surface area contributed by atoms with Gasteiger partial charge in [0.05, 0.1) is 12.6 Å². The number of aromatic nitrogens is 4. The van der Waals surface area contributed by atoms with Crippen LogP contribution in [0.3, 0.4) is 0 Å². The average molecular weight is 665 g/mol. The Kier molecular flexibility index (Phi) is 13.9. The Labute approximate surface area is 241 Å². The van der Waals surface area contributed by atoms with Crippen molar-refractivity contribution < 1.29 is 65.2 Å². The molecule has 0 spiro atoms. The van der Waals surface area contributed by atoms with Crippen LogP contribution in [0.2, 0.25) is 0 Å². The van der Waals surface area contributed by atoms with Crippen molar-refractivity contribution in [1.82, 2.24) is 19.5 Å². The zero-order chi connectivity index (χ0) is 32.6. The van der Waals surface area contributed by atoms with Crippen LogP contribution in [0, 0.1) is 0 Å². The fourth-order valence-corrected chi connectivity index (χ4v) is 5.52. The van der Waals surface area contributed by atoms with Crippen LogP contribution in [0.1, 0.15) is 12.6 Å². The number of anilines is 1. The van der Waals surface area contributed by atoms with Gasteiger partial charge in [0, 0.05) is 16.8 Å². The van der Waals surface area contributed by atoms with Crippen LogP contribution in [0.25, 0.3) is 11.2 Å². The molecule has 3 rings (SSSR count). The third-order valence-corrected chi connectivity index (χ3v) is 7.86. The number of aliphatic hydroxyl groups is 2. The second kappa shape index (κ2) is 15.6. The Bertz CT molecular complexity index is 1420. The number of hydrogen-bond donors (Lipinski definition) is 8. The molecule has 3 heterocycles. The van der Waals surface area contributed by atoms with E-state index in [-0.39, 0.29) is 16.7 Å². The molecule has 0 amide bonds. The molecular formula is C18H30N7O14S3-. The number of carbonyl (C=O) groups is 2. The second-order valence-electron chi connectivity index (χ2n) is 8.62. The molecule has 0 aromatic carbocycles. The molecule has 2 aromatic rings. The zero-order valence-corrected chi connectivity index (χ0v) is 24.1. The Morgan fingerprint density at radius 1 is 1.07 bits per heavy atom. The summed E-state index contributed by atoms with van der Waals surface area (Å²) in [4.78, 5) is 32.8. The first-order valence-electron chi connectivity index (χ1n) is 11.2. The van der Waals surface area contributed by atoms with Crippen LogP contribution in [0.5, 0.6) is 0 Å². The van der Waals surface area contributed by atoms with Gasteiger partial charge in [0.15, 0.2) is 17.7 Å². The first-order valence-corrected chi connectivity index (χ1v) is 16.2. The minimum absolute atomic E-state index is 0.216. The van der Waals surface area contributed by atoms with Crippen molar-refractivity contribution in [1.29, 1.82) is 0 Å². The van der Waals surface area contributed by atoms with E-state index < -0.39 is 74.8 Å². The molecule has 1 fully saturated rings. The van der Waals surface area contributed by atoms with E-state index >= 15 is 0 Å². The van der Waals surface area contributed by atoms with Gasteiger partial charge < -0.3 is 51.5 Å². The molecule has 1 aliphatic rings. The summed E-state index contributed by atoms with van der Waals surface area (Å²) in [5.41, 5.74) is 16.9. The van der Waals surface area contributed by atoms with Crippen LogP contribution in [-0.2, 0) is 45.7 Å². The SMILES string of the molecule is C[S+](CC[C@H](N)C(=O)O)C[C@H]1O[C@@H](n2cnc3c(N)ncnc32)[C@H](O)[C@@H]1O.NC(CS(=O)(=O)O)C(=O)O.O=S(=O)([O-])[O-]. The molecule has 7 atom stereocenters. The Morgan fingerprint density at radius 3 is 2.10 bits per heavy atom. The summed E-state index contributed by atoms with van der Waals surface area (Å²) in [6.07, 6.45) is 1.31. The standard InChI is InChI=1S/C15H22N6O5S.C3H7NO5S.H2O4S/c1-27(3-2-7(16)15(24)25)4-8-10(22)11(23)14(26-8)21-6-20-9-12(17)18-5-19-13(9)21;4-2(3(5)6)1-10(7,8)9;1-5(2,3)4/h5-8,10-11,14,22-23H,2-4,16H2,1H3,(H2-,17,18,19,24,25);2H,1,4H2,(H,5,6)(H,7,8,9);(H2,1,2,3,4)/p-1/t7-,8+,10+,11+,14+,27?;;/m0../s1. The van der Waals surface area contributed by atoms with Crippen molar-refractivity contribution in [3.8, 4) is 0 Å². The predicted molar refractivity (Wildman–Crippen MR) is 141 cm³/mol. The monoisotopic (exact) mass is 664 g/mol. The highest BCUT2D eigenvalue weighted by molar-refractivity contribution is 7.96. The van der Waals surface area contributed by atoms with E-state index in [1.807, 2.05) is 6.26 Å². The summed E-state index contributed by atoms with van der Waals surface area (Å²) >= 11 is 0. The molecule has 0 aliphatic carbocycles. The number of ether oxygens (including phenoxy) is 1. The number of aliphatic carboxylic acids is 2. The van der Waals surface area contributed by atoms with Gasteiger partial charge in [0.25, 0.3) is 10.1 Å². The molecule has 0 saturated carbocycles. The molecule has 1 saturated heterocycles. The molecular weight excluding hydrogens is 634 g/mol. The summed E-state index contributed by atoms with van der Waals surface area (Å²) < 4.78 is 69.5. The fourth-order valence-electron chi connectivity index (χ4n) is 3.27. The number of nitrogens with two attached hydrogens (primary N) is 3. The summed E-state index contributed by atoms with van der Waals surface area (Å²) in [5.74, 6) is -2.16. The van der Waals surface area contributed by atoms with Crippen LogP contribution in [0.15, 0.2) is 12.7 Å². The Hall–Kier alpha value is -2.78. The van der Waals surface area contributed by atoms with Gasteiger partial charge in [-0.05, 0) is 10.9 Å². The number of carboxylic acid groups (broad SMARTS) is 2. The Morgan fingerprint density at radius 2 is 1.62 bits per heavy atom. The third kappa shape index (κ3) is 12.6. The number of carboxylic acids is 2. The quantitative estimate of drug-likeness (QED) is 0.0669. The second-order valence-corrected chi connectivity index (χ2v) is 13.2. The predicted octanol–water partition coefficient (Wildman–Crippen LogP) is -4.97. The molecule has 21 nitrogen and oxygen atoms in total. The Balaban J connectivity index is 0.000000488. The van der Waals surface area contributed by atoms with Gasteiger partial charge >= 0.3 is 11.9 Å². The van der Waals surface area contributed by atoms with Crippen LogP contribution in [0.4, 0.5) is 5.82 Å². The third-order valence-electron chi connectivity index (χ3n) is 5.25. The highest BCUT2D eigenvalue weighted by Crippen LogP contribution is 2.32. The van der Waals surface area contributed by atoms with Crippen LogP contribution >= 0.6 is 0 Å². The fraction of sp³-hybridized carbons (Fsp3) is 0.611. The molecule has 2 aromatic heterocycles. The summed E-state index contributed by atoms with van der Waals surface area (Å²) in [7, 11) is -9.68. The van der Waals surface area contributed by atoms with E-state index in [9.17, 15) is 28.2 Å². The van der Waals surface area contributed by atoms with Crippen molar-refractivity contribution in [3.05, 3.63) is 12.7 Å². The maximum absolute atomic E-state index is 10.8. The number of nitrogen functional groups attached to an aromatic ring is 1. The smallest absolute Gasteiger partial charge is 0.321 e. The lowest BCUT2D eigenvalue weighted by atomic mass is 10.1. The lowest BCUT2D eigenvalue weighted by Gasteiger charge is -2.16. The number of imidazole rings is 1. The molecule has 1 aliphatic heterocycles. The summed E-state index contributed by atoms with van der Waals surface area (Å²) in [6, 6.07) is -2.47. The number of nitrogens with zero attached hydrogens (tertiary/aromatic N) is 4. The van der Waals surface area contributed by atoms with Gasteiger partial charge in [-0.15, -0.1) is 0 Å².